The molecule has 0 aliphatic carbocycles. The van der Waals surface area contributed by atoms with Crippen molar-refractivity contribution in [2.45, 2.75) is 31.5 Å². The molecule has 3 aromatic rings. The minimum atomic E-state index is -4.60. The van der Waals surface area contributed by atoms with Gasteiger partial charge >= 0.3 is 6.18 Å². The summed E-state index contributed by atoms with van der Waals surface area (Å²) in [6.07, 6.45) is -2.83. The van der Waals surface area contributed by atoms with Gasteiger partial charge in [-0.05, 0) is 30.7 Å². The van der Waals surface area contributed by atoms with E-state index in [-0.39, 0.29) is 23.4 Å². The number of aliphatic hydroxyl groups is 1. The number of amides is 1. The first-order chi connectivity index (χ1) is 16.5. The molecule has 1 N–H and O–H groups in total. The van der Waals surface area contributed by atoms with Gasteiger partial charge < -0.3 is 14.7 Å². The molecule has 2 unspecified atom stereocenters. The number of ether oxygens (including phenoxy) is 1. The molecule has 0 saturated carbocycles. The maximum Gasteiger partial charge on any atom is 0.422 e. The van der Waals surface area contributed by atoms with Gasteiger partial charge in [0.15, 0.2) is 6.61 Å². The van der Waals surface area contributed by atoms with Crippen molar-refractivity contribution in [2.24, 2.45) is 0 Å². The summed E-state index contributed by atoms with van der Waals surface area (Å²) in [5.74, 6) is -5.57. The Balaban J connectivity index is 1.90. The van der Waals surface area contributed by atoms with E-state index in [9.17, 15) is 27.5 Å². The van der Waals surface area contributed by atoms with Crippen LogP contribution in [0.4, 0.5) is 27.6 Å². The Kier molecular flexibility index (Phi) is 6.13. The Morgan fingerprint density at radius 3 is 2.51 bits per heavy atom. The Morgan fingerprint density at radius 1 is 1.17 bits per heavy atom. The van der Waals surface area contributed by atoms with E-state index in [0.29, 0.717) is 6.07 Å². The fourth-order valence-corrected chi connectivity index (χ4v) is 4.10. The van der Waals surface area contributed by atoms with Gasteiger partial charge in [0.1, 0.15) is 36.2 Å². The van der Waals surface area contributed by atoms with Crippen LogP contribution in [0.25, 0.3) is 0 Å². The number of rotatable bonds is 6. The van der Waals surface area contributed by atoms with Crippen molar-refractivity contribution in [3.05, 3.63) is 71.8 Å². The average molecular weight is 497 g/mol. The molecule has 1 aromatic heterocycles. The van der Waals surface area contributed by atoms with Crippen LogP contribution in [0.2, 0.25) is 0 Å². The molecule has 0 bridgehead atoms. The molecule has 0 spiro atoms. The van der Waals surface area contributed by atoms with Crippen LogP contribution >= 0.6 is 0 Å². The summed E-state index contributed by atoms with van der Waals surface area (Å²) in [6, 6.07) is 6.04. The second-order valence-electron chi connectivity index (χ2n) is 7.84. The summed E-state index contributed by atoms with van der Waals surface area (Å²) in [6.45, 7) is 0.126. The predicted octanol–water partition coefficient (Wildman–Crippen LogP) is 3.80. The quantitative estimate of drug-likeness (QED) is 0.522. The van der Waals surface area contributed by atoms with E-state index in [0.717, 1.165) is 28.0 Å². The number of aromatic nitrogens is 3. The first-order valence-electron chi connectivity index (χ1n) is 10.4. The van der Waals surface area contributed by atoms with Crippen molar-refractivity contribution in [1.82, 2.24) is 19.7 Å². The summed E-state index contributed by atoms with van der Waals surface area (Å²) in [4.78, 5) is 19.7. The van der Waals surface area contributed by atoms with Crippen molar-refractivity contribution in [1.29, 1.82) is 0 Å². The molecule has 1 aliphatic rings. The van der Waals surface area contributed by atoms with E-state index in [1.807, 2.05) is 0 Å². The average Bonchev–Trinajstić information content (AvgIpc) is 3.33. The van der Waals surface area contributed by atoms with Crippen LogP contribution < -0.4 is 9.64 Å². The van der Waals surface area contributed by atoms with Gasteiger partial charge in [-0.3, -0.25) is 9.69 Å². The van der Waals surface area contributed by atoms with E-state index in [1.54, 1.807) is 6.92 Å². The number of halogens is 5. The van der Waals surface area contributed by atoms with Crippen LogP contribution in [0.3, 0.4) is 0 Å². The number of fused-ring (bicyclic) bond motifs is 1. The largest absolute Gasteiger partial charge is 0.484 e. The molecule has 2 aromatic carbocycles. The Morgan fingerprint density at radius 2 is 1.91 bits per heavy atom. The fraction of sp³-hybridized carbons (Fsp3) is 0.318. The summed E-state index contributed by atoms with van der Waals surface area (Å²) >= 11 is 0. The van der Waals surface area contributed by atoms with Crippen LogP contribution in [0.1, 0.15) is 35.4 Å². The van der Waals surface area contributed by atoms with Gasteiger partial charge in [0, 0.05) is 19.2 Å². The van der Waals surface area contributed by atoms with Gasteiger partial charge in [-0.1, -0.05) is 6.92 Å². The lowest BCUT2D eigenvalue weighted by molar-refractivity contribution is -0.153. The number of carbonyl (C=O) groups is 1. The van der Waals surface area contributed by atoms with Gasteiger partial charge in [-0.25, -0.2) is 18.4 Å². The van der Waals surface area contributed by atoms with Gasteiger partial charge in [0.05, 0.1) is 16.8 Å². The lowest BCUT2D eigenvalue weighted by Crippen LogP contribution is -2.64. The zero-order valence-electron chi connectivity index (χ0n) is 18.5. The molecule has 0 radical (unpaired) electrons. The number of benzene rings is 2. The molecule has 1 amide bonds. The topological polar surface area (TPSA) is 83.7 Å². The molecule has 2 atom stereocenters. The lowest BCUT2D eigenvalue weighted by Gasteiger charge is -2.52. The third-order valence-corrected chi connectivity index (χ3v) is 5.68. The Hall–Kier alpha value is -3.74. The standard InChI is InChI=1S/C22H20F5N5O3/c1-3-19(31-12-28-11-29-31)32-20(33)15-6-5-14(35-10-21(25,26)27)9-18(15)30(2)22(32,34)16-7-4-13(23)8-17(16)24/h4-9,11-12,19,34H,3,10H2,1-2H3. The van der Waals surface area contributed by atoms with Gasteiger partial charge in [0.2, 0.25) is 0 Å². The van der Waals surface area contributed by atoms with E-state index >= 15 is 4.39 Å². The van der Waals surface area contributed by atoms with E-state index < -0.39 is 47.9 Å². The zero-order chi connectivity index (χ0) is 25.5. The number of alkyl halides is 3. The number of carbonyl (C=O) groups excluding carboxylic acids is 1. The van der Waals surface area contributed by atoms with Crippen molar-refractivity contribution in [3.63, 3.8) is 0 Å². The lowest BCUT2D eigenvalue weighted by atomic mass is 9.97. The van der Waals surface area contributed by atoms with Gasteiger partial charge in [-0.15, -0.1) is 0 Å². The maximum absolute atomic E-state index is 15.0. The number of hydrogen-bond donors (Lipinski definition) is 1. The first-order valence-corrected chi connectivity index (χ1v) is 10.4. The van der Waals surface area contributed by atoms with Crippen molar-refractivity contribution in [2.75, 3.05) is 18.6 Å². The molecule has 13 heteroatoms. The number of anilines is 1. The van der Waals surface area contributed by atoms with Crippen LogP contribution in [-0.2, 0) is 5.85 Å². The first kappa shape index (κ1) is 24.4. The maximum atomic E-state index is 15.0. The second kappa shape index (κ2) is 8.80. The van der Waals surface area contributed by atoms with Crippen molar-refractivity contribution in [3.8, 4) is 5.75 Å². The number of nitrogens with zero attached hydrogens (tertiary/aromatic N) is 5. The highest BCUT2D eigenvalue weighted by atomic mass is 19.4. The monoisotopic (exact) mass is 497 g/mol. The normalized spacial score (nSPS) is 19.0. The predicted molar refractivity (Wildman–Crippen MR) is 112 cm³/mol. The van der Waals surface area contributed by atoms with Crippen LogP contribution in [-0.4, -0.2) is 50.5 Å². The second-order valence-corrected chi connectivity index (χ2v) is 7.84. The summed E-state index contributed by atoms with van der Waals surface area (Å²) in [5.41, 5.74) is -0.469. The molecule has 35 heavy (non-hydrogen) atoms. The third kappa shape index (κ3) is 4.27. The van der Waals surface area contributed by atoms with Gasteiger partial charge in [-0.2, -0.15) is 18.3 Å². The molecule has 4 rings (SSSR count). The SMILES string of the molecule is CCC(N1C(=O)c2ccc(OCC(F)(F)F)cc2N(C)C1(O)c1ccc(F)cc1F)n1cncn1. The summed E-state index contributed by atoms with van der Waals surface area (Å²) in [5, 5.41) is 16.0. The smallest absolute Gasteiger partial charge is 0.422 e. The summed E-state index contributed by atoms with van der Waals surface area (Å²) < 4.78 is 72.7. The third-order valence-electron chi connectivity index (χ3n) is 5.68. The van der Waals surface area contributed by atoms with Crippen LogP contribution in [0.15, 0.2) is 49.1 Å². The molecule has 1 aliphatic heterocycles. The Labute approximate surface area is 196 Å². The minimum absolute atomic E-state index is 0.0117. The Bertz CT molecular complexity index is 1240. The highest BCUT2D eigenvalue weighted by Gasteiger charge is 2.53. The molecule has 186 valence electrons. The highest BCUT2D eigenvalue weighted by molar-refractivity contribution is 6.02. The zero-order valence-corrected chi connectivity index (χ0v) is 18.5. The number of hydrogen-bond acceptors (Lipinski definition) is 6. The van der Waals surface area contributed by atoms with E-state index in [2.05, 4.69) is 10.1 Å². The van der Waals surface area contributed by atoms with Crippen molar-refractivity contribution >= 4 is 11.6 Å². The van der Waals surface area contributed by atoms with Crippen LogP contribution in [0.5, 0.6) is 5.75 Å². The molecular formula is C22H20F5N5O3. The molecule has 2 heterocycles. The van der Waals surface area contributed by atoms with Gasteiger partial charge in [0.25, 0.3) is 11.8 Å². The minimum Gasteiger partial charge on any atom is -0.484 e. The molecule has 8 nitrogen and oxygen atoms in total. The summed E-state index contributed by atoms with van der Waals surface area (Å²) in [7, 11) is 1.32. The van der Waals surface area contributed by atoms with E-state index in [1.165, 1.54) is 36.5 Å². The van der Waals surface area contributed by atoms with Crippen molar-refractivity contribution < 1.29 is 36.6 Å². The molecule has 0 fully saturated rings. The molecule has 0 saturated heterocycles. The highest BCUT2D eigenvalue weighted by Crippen LogP contribution is 2.46. The van der Waals surface area contributed by atoms with E-state index in [4.69, 9.17) is 4.74 Å². The fourth-order valence-electron chi connectivity index (χ4n) is 4.10. The van der Waals surface area contributed by atoms with Crippen LogP contribution in [0, 0.1) is 11.6 Å². The molecular weight excluding hydrogens is 477 g/mol.